The first-order chi connectivity index (χ1) is 12.5. The van der Waals surface area contributed by atoms with Crippen LogP contribution < -0.4 is 20.1 Å². The number of benzene rings is 2. The molecular weight excluding hydrogens is 358 g/mol. The van der Waals surface area contributed by atoms with Gasteiger partial charge in [0.25, 0.3) is 0 Å². The quantitative estimate of drug-likeness (QED) is 0.841. The van der Waals surface area contributed by atoms with E-state index in [-0.39, 0.29) is 18.5 Å². The lowest BCUT2D eigenvalue weighted by Gasteiger charge is -2.19. The zero-order valence-electron chi connectivity index (χ0n) is 14.3. The largest absolute Gasteiger partial charge is 0.495 e. The van der Waals surface area contributed by atoms with Gasteiger partial charge in [-0.05, 0) is 30.3 Å². The third-order valence-electron chi connectivity index (χ3n) is 4.00. The number of ether oxygens (including phenoxy) is 2. The number of urea groups is 1. The molecule has 1 atom stereocenters. The predicted octanol–water partition coefficient (Wildman–Crippen LogP) is 3.10. The summed E-state index contributed by atoms with van der Waals surface area (Å²) >= 11 is 5.96. The van der Waals surface area contributed by atoms with E-state index in [1.165, 1.54) is 12.0 Å². The summed E-state index contributed by atoms with van der Waals surface area (Å²) in [6, 6.07) is 11.2. The maximum atomic E-state index is 12.5. The molecule has 3 rings (SSSR count). The molecule has 0 aliphatic carbocycles. The van der Waals surface area contributed by atoms with E-state index >= 15 is 0 Å². The van der Waals surface area contributed by atoms with Crippen LogP contribution in [0.25, 0.3) is 0 Å². The Morgan fingerprint density at radius 2 is 2.04 bits per heavy atom. The fraction of sp³-hybridized carbons (Fsp3) is 0.222. The number of halogens is 1. The maximum Gasteiger partial charge on any atom is 0.317 e. The van der Waals surface area contributed by atoms with Gasteiger partial charge in [0, 0.05) is 24.7 Å². The van der Waals surface area contributed by atoms with Crippen LogP contribution in [0.5, 0.6) is 17.2 Å². The summed E-state index contributed by atoms with van der Waals surface area (Å²) < 4.78 is 11.1. The van der Waals surface area contributed by atoms with Gasteiger partial charge in [0.1, 0.15) is 23.3 Å². The highest BCUT2D eigenvalue weighted by atomic mass is 35.5. The van der Waals surface area contributed by atoms with Crippen molar-refractivity contribution in [3.05, 3.63) is 47.5 Å². The lowest BCUT2D eigenvalue weighted by atomic mass is 10.2. The number of amides is 3. The van der Waals surface area contributed by atoms with E-state index < -0.39 is 6.04 Å². The molecule has 0 saturated carbocycles. The average molecular weight is 376 g/mol. The van der Waals surface area contributed by atoms with E-state index in [1.54, 1.807) is 49.5 Å². The van der Waals surface area contributed by atoms with Crippen LogP contribution in [0.3, 0.4) is 0 Å². The summed E-state index contributed by atoms with van der Waals surface area (Å²) in [6.07, 6.45) is 0. The standard InChI is InChI=1S/C18H18ClN3O4/c1-22-15(10-20-18(22)24)17(23)21-14-9-13(6-7-16(14)25-2)26-12-5-3-4-11(19)8-12/h3-9,15H,10H2,1-2H3,(H,20,24)(H,21,23)/t15-/m0/s1. The lowest BCUT2D eigenvalue weighted by molar-refractivity contribution is -0.119. The lowest BCUT2D eigenvalue weighted by Crippen LogP contribution is -2.40. The molecule has 136 valence electrons. The van der Waals surface area contributed by atoms with Crippen molar-refractivity contribution in [2.75, 3.05) is 26.0 Å². The Labute approximate surface area is 155 Å². The molecule has 26 heavy (non-hydrogen) atoms. The number of rotatable bonds is 5. The van der Waals surface area contributed by atoms with E-state index in [4.69, 9.17) is 21.1 Å². The number of hydrogen-bond acceptors (Lipinski definition) is 4. The van der Waals surface area contributed by atoms with E-state index in [0.29, 0.717) is 28.0 Å². The first kappa shape index (κ1) is 17.9. The summed E-state index contributed by atoms with van der Waals surface area (Å²) in [7, 11) is 3.08. The highest BCUT2D eigenvalue weighted by Crippen LogP contribution is 2.32. The number of carbonyl (C=O) groups excluding carboxylic acids is 2. The van der Waals surface area contributed by atoms with Crippen molar-refractivity contribution in [3.63, 3.8) is 0 Å². The molecule has 0 aromatic heterocycles. The van der Waals surface area contributed by atoms with Gasteiger partial charge in [-0.25, -0.2) is 4.79 Å². The first-order valence-electron chi connectivity index (χ1n) is 7.91. The van der Waals surface area contributed by atoms with Crippen LogP contribution in [0.1, 0.15) is 0 Å². The van der Waals surface area contributed by atoms with Gasteiger partial charge in [0.05, 0.1) is 12.8 Å². The minimum absolute atomic E-state index is 0.252. The molecule has 8 heteroatoms. The van der Waals surface area contributed by atoms with Crippen LogP contribution in [-0.2, 0) is 4.79 Å². The van der Waals surface area contributed by atoms with Gasteiger partial charge in [-0.3, -0.25) is 4.79 Å². The maximum absolute atomic E-state index is 12.5. The van der Waals surface area contributed by atoms with Crippen molar-refractivity contribution in [1.29, 1.82) is 0 Å². The van der Waals surface area contributed by atoms with Gasteiger partial charge in [-0.1, -0.05) is 17.7 Å². The third-order valence-corrected chi connectivity index (χ3v) is 4.23. The monoisotopic (exact) mass is 375 g/mol. The number of methoxy groups -OCH3 is 1. The molecule has 1 aliphatic heterocycles. The van der Waals surface area contributed by atoms with Gasteiger partial charge < -0.3 is 25.0 Å². The number of nitrogens with zero attached hydrogens (tertiary/aromatic N) is 1. The second kappa shape index (κ2) is 7.53. The number of carbonyl (C=O) groups is 2. The normalized spacial score (nSPS) is 16.2. The van der Waals surface area contributed by atoms with Crippen LogP contribution in [-0.4, -0.2) is 43.6 Å². The molecule has 2 N–H and O–H groups in total. The van der Waals surface area contributed by atoms with E-state index in [2.05, 4.69) is 10.6 Å². The molecule has 0 spiro atoms. The Balaban J connectivity index is 1.79. The fourth-order valence-electron chi connectivity index (χ4n) is 2.59. The van der Waals surface area contributed by atoms with Crippen molar-refractivity contribution in [1.82, 2.24) is 10.2 Å². The van der Waals surface area contributed by atoms with E-state index in [1.807, 2.05) is 0 Å². The molecule has 2 aromatic rings. The Hall–Kier alpha value is -2.93. The van der Waals surface area contributed by atoms with E-state index in [0.717, 1.165) is 0 Å². The summed E-state index contributed by atoms with van der Waals surface area (Å²) in [6.45, 7) is 0.252. The molecular formula is C18H18ClN3O4. The van der Waals surface area contributed by atoms with Gasteiger partial charge >= 0.3 is 6.03 Å². The van der Waals surface area contributed by atoms with Gasteiger partial charge in [0.15, 0.2) is 0 Å². The van der Waals surface area contributed by atoms with Crippen molar-refractivity contribution in [2.24, 2.45) is 0 Å². The number of hydrogen-bond donors (Lipinski definition) is 2. The summed E-state index contributed by atoms with van der Waals surface area (Å²) in [5, 5.41) is 5.97. The highest BCUT2D eigenvalue weighted by Gasteiger charge is 2.33. The minimum atomic E-state index is -0.593. The molecule has 1 fully saturated rings. The van der Waals surface area contributed by atoms with Gasteiger partial charge in [-0.2, -0.15) is 0 Å². The van der Waals surface area contributed by atoms with Crippen LogP contribution in [0.15, 0.2) is 42.5 Å². The van der Waals surface area contributed by atoms with E-state index in [9.17, 15) is 9.59 Å². The molecule has 1 aliphatic rings. The highest BCUT2D eigenvalue weighted by molar-refractivity contribution is 6.30. The topological polar surface area (TPSA) is 79.9 Å². The molecule has 3 amide bonds. The zero-order valence-corrected chi connectivity index (χ0v) is 15.0. The van der Waals surface area contributed by atoms with Crippen LogP contribution in [0.2, 0.25) is 5.02 Å². The van der Waals surface area contributed by atoms with Crippen molar-refractivity contribution >= 4 is 29.2 Å². The smallest absolute Gasteiger partial charge is 0.317 e. The van der Waals surface area contributed by atoms with Crippen molar-refractivity contribution < 1.29 is 19.1 Å². The summed E-state index contributed by atoms with van der Waals surface area (Å²) in [5.74, 6) is 1.25. The van der Waals surface area contributed by atoms with Crippen LogP contribution >= 0.6 is 11.6 Å². The van der Waals surface area contributed by atoms with Gasteiger partial charge in [0.2, 0.25) is 5.91 Å². The Kier molecular flexibility index (Phi) is 5.18. The minimum Gasteiger partial charge on any atom is -0.495 e. The molecule has 1 saturated heterocycles. The summed E-state index contributed by atoms with van der Waals surface area (Å²) in [4.78, 5) is 25.4. The molecule has 7 nitrogen and oxygen atoms in total. The number of anilines is 1. The number of nitrogens with one attached hydrogen (secondary N) is 2. The summed E-state index contributed by atoms with van der Waals surface area (Å²) in [5.41, 5.74) is 0.449. The second-order valence-electron chi connectivity index (χ2n) is 5.72. The third kappa shape index (κ3) is 3.83. The SMILES string of the molecule is COc1ccc(Oc2cccc(Cl)c2)cc1NC(=O)[C@@H]1CNC(=O)N1C. The Morgan fingerprint density at radius 1 is 1.27 bits per heavy atom. The Morgan fingerprint density at radius 3 is 2.69 bits per heavy atom. The predicted molar refractivity (Wildman–Crippen MR) is 98.1 cm³/mol. The van der Waals surface area contributed by atoms with Crippen molar-refractivity contribution in [2.45, 2.75) is 6.04 Å². The molecule has 0 bridgehead atoms. The molecule has 0 radical (unpaired) electrons. The number of likely N-dealkylation sites (N-methyl/N-ethyl adjacent to an activating group) is 1. The molecule has 0 unspecified atom stereocenters. The van der Waals surface area contributed by atoms with Gasteiger partial charge in [-0.15, -0.1) is 0 Å². The molecule has 2 aromatic carbocycles. The first-order valence-corrected chi connectivity index (χ1v) is 8.28. The zero-order chi connectivity index (χ0) is 18.7. The average Bonchev–Trinajstić information content (AvgIpc) is 2.94. The van der Waals surface area contributed by atoms with Crippen molar-refractivity contribution in [3.8, 4) is 17.2 Å². The van der Waals surface area contributed by atoms with Crippen LogP contribution in [0, 0.1) is 0 Å². The molecule has 1 heterocycles. The Bertz CT molecular complexity index is 843. The second-order valence-corrected chi connectivity index (χ2v) is 6.16. The fourth-order valence-corrected chi connectivity index (χ4v) is 2.77. The van der Waals surface area contributed by atoms with Crippen LogP contribution in [0.4, 0.5) is 10.5 Å².